The monoisotopic (exact) mass is 288 g/mol. The molecule has 1 unspecified atom stereocenters. The summed E-state index contributed by atoms with van der Waals surface area (Å²) in [5, 5.41) is 14.7. The number of anilines is 1. The van der Waals surface area contributed by atoms with E-state index in [0.29, 0.717) is 6.04 Å². The topological polar surface area (TPSA) is 76.8 Å². The average molecular weight is 288 g/mol. The molecule has 3 rings (SSSR count). The second-order valence-electron chi connectivity index (χ2n) is 5.51. The number of carbonyl (C=O) groups is 1. The molecule has 0 bridgehead atoms. The van der Waals surface area contributed by atoms with Crippen LogP contribution in [0.4, 0.5) is 5.69 Å². The van der Waals surface area contributed by atoms with E-state index < -0.39 is 0 Å². The second-order valence-corrected chi connectivity index (χ2v) is 5.51. The molecule has 2 N–H and O–H groups in total. The first-order valence-electron chi connectivity index (χ1n) is 7.18. The number of aryl methyl sites for hydroxylation is 1. The minimum Gasteiger partial charge on any atom is -0.374 e. The minimum atomic E-state index is 0.0202. The van der Waals surface area contributed by atoms with Crippen LogP contribution < -0.4 is 10.6 Å². The van der Waals surface area contributed by atoms with E-state index in [1.165, 1.54) is 0 Å². The standard InChI is InChI=1S/C14H20N6O/c1-10(13-5-6-15-19(13)2)17-12-7-16-20(8-12)9-14(21)18-11-3-4-11/h5-8,10-11,17H,3-4,9H2,1-2H3,(H,18,21). The van der Waals surface area contributed by atoms with Crippen LogP contribution in [0, 0.1) is 0 Å². The molecule has 1 aliphatic rings. The highest BCUT2D eigenvalue weighted by atomic mass is 16.2. The van der Waals surface area contributed by atoms with Crippen LogP contribution in [0.3, 0.4) is 0 Å². The zero-order valence-corrected chi connectivity index (χ0v) is 12.3. The lowest BCUT2D eigenvalue weighted by atomic mass is 10.2. The molecule has 7 nitrogen and oxygen atoms in total. The maximum atomic E-state index is 11.7. The smallest absolute Gasteiger partial charge is 0.241 e. The summed E-state index contributed by atoms with van der Waals surface area (Å²) >= 11 is 0. The number of nitrogens with one attached hydrogen (secondary N) is 2. The normalized spacial score (nSPS) is 15.7. The molecule has 0 radical (unpaired) electrons. The molecular weight excluding hydrogens is 268 g/mol. The zero-order chi connectivity index (χ0) is 14.8. The SMILES string of the molecule is CC(Nc1cnn(CC(=O)NC2CC2)c1)c1ccnn1C. The maximum absolute atomic E-state index is 11.7. The van der Waals surface area contributed by atoms with Crippen molar-refractivity contribution >= 4 is 11.6 Å². The van der Waals surface area contributed by atoms with Gasteiger partial charge in [0.1, 0.15) is 6.54 Å². The van der Waals surface area contributed by atoms with Crippen molar-refractivity contribution in [2.45, 2.75) is 38.4 Å². The fourth-order valence-electron chi connectivity index (χ4n) is 2.31. The number of rotatable bonds is 6. The highest BCUT2D eigenvalue weighted by Crippen LogP contribution is 2.19. The van der Waals surface area contributed by atoms with Gasteiger partial charge in [0.15, 0.2) is 0 Å². The Labute approximate surface area is 123 Å². The fraction of sp³-hybridized carbons (Fsp3) is 0.500. The molecule has 0 aliphatic heterocycles. The predicted octanol–water partition coefficient (Wildman–Crippen LogP) is 1.07. The Morgan fingerprint density at radius 2 is 2.29 bits per heavy atom. The van der Waals surface area contributed by atoms with Crippen LogP contribution in [0.25, 0.3) is 0 Å². The molecule has 0 saturated heterocycles. The molecular formula is C14H20N6O. The highest BCUT2D eigenvalue weighted by molar-refractivity contribution is 5.76. The molecule has 112 valence electrons. The van der Waals surface area contributed by atoms with Crippen molar-refractivity contribution < 1.29 is 4.79 Å². The van der Waals surface area contributed by atoms with Gasteiger partial charge in [0.05, 0.1) is 23.6 Å². The maximum Gasteiger partial charge on any atom is 0.241 e. The molecule has 1 atom stereocenters. The van der Waals surface area contributed by atoms with Gasteiger partial charge >= 0.3 is 0 Å². The van der Waals surface area contributed by atoms with Gasteiger partial charge in [-0.05, 0) is 25.8 Å². The number of carbonyl (C=O) groups excluding carboxylic acids is 1. The predicted molar refractivity (Wildman–Crippen MR) is 78.6 cm³/mol. The van der Waals surface area contributed by atoms with Crippen molar-refractivity contribution in [2.75, 3.05) is 5.32 Å². The van der Waals surface area contributed by atoms with Crippen molar-refractivity contribution in [1.82, 2.24) is 24.9 Å². The third-order valence-corrected chi connectivity index (χ3v) is 3.57. The largest absolute Gasteiger partial charge is 0.374 e. The summed E-state index contributed by atoms with van der Waals surface area (Å²) in [6.07, 6.45) is 7.55. The van der Waals surface area contributed by atoms with Crippen molar-refractivity contribution in [2.24, 2.45) is 7.05 Å². The van der Waals surface area contributed by atoms with Crippen LogP contribution in [0.2, 0.25) is 0 Å². The van der Waals surface area contributed by atoms with Gasteiger partial charge in [-0.25, -0.2) is 0 Å². The first kappa shape index (κ1) is 13.7. The number of hydrogen-bond acceptors (Lipinski definition) is 4. The molecule has 1 saturated carbocycles. The number of aromatic nitrogens is 4. The summed E-state index contributed by atoms with van der Waals surface area (Å²) in [5.74, 6) is 0.0202. The van der Waals surface area contributed by atoms with Crippen molar-refractivity contribution in [3.8, 4) is 0 Å². The van der Waals surface area contributed by atoms with E-state index in [1.807, 2.05) is 24.0 Å². The fourth-order valence-corrected chi connectivity index (χ4v) is 2.31. The first-order valence-corrected chi connectivity index (χ1v) is 7.18. The molecule has 2 heterocycles. The van der Waals surface area contributed by atoms with E-state index in [2.05, 4.69) is 27.8 Å². The summed E-state index contributed by atoms with van der Waals surface area (Å²) in [6.45, 7) is 2.33. The molecule has 1 aliphatic carbocycles. The van der Waals surface area contributed by atoms with E-state index in [4.69, 9.17) is 0 Å². The minimum absolute atomic E-state index is 0.0202. The highest BCUT2D eigenvalue weighted by Gasteiger charge is 2.23. The van der Waals surface area contributed by atoms with Gasteiger partial charge in [0.2, 0.25) is 5.91 Å². The molecule has 7 heteroatoms. The quantitative estimate of drug-likeness (QED) is 0.833. The van der Waals surface area contributed by atoms with E-state index >= 15 is 0 Å². The summed E-state index contributed by atoms with van der Waals surface area (Å²) in [5.41, 5.74) is 1.98. The lowest BCUT2D eigenvalue weighted by Crippen LogP contribution is -2.29. The Morgan fingerprint density at radius 1 is 1.48 bits per heavy atom. The summed E-state index contributed by atoms with van der Waals surface area (Å²) in [4.78, 5) is 11.7. The molecule has 0 aromatic carbocycles. The van der Waals surface area contributed by atoms with Crippen molar-refractivity contribution in [3.63, 3.8) is 0 Å². The molecule has 1 amide bonds. The Kier molecular flexibility index (Phi) is 3.64. The van der Waals surface area contributed by atoms with Crippen molar-refractivity contribution in [1.29, 1.82) is 0 Å². The Balaban J connectivity index is 1.57. The molecule has 21 heavy (non-hydrogen) atoms. The van der Waals surface area contributed by atoms with E-state index in [-0.39, 0.29) is 18.5 Å². The van der Waals surface area contributed by atoms with Gasteiger partial charge in [-0.2, -0.15) is 10.2 Å². The molecule has 2 aromatic heterocycles. The third kappa shape index (κ3) is 3.42. The summed E-state index contributed by atoms with van der Waals surface area (Å²) in [6, 6.07) is 2.48. The third-order valence-electron chi connectivity index (χ3n) is 3.57. The average Bonchev–Trinajstić information content (AvgIpc) is 2.95. The number of nitrogens with zero attached hydrogens (tertiary/aromatic N) is 4. The number of amides is 1. The van der Waals surface area contributed by atoms with Gasteiger partial charge in [-0.3, -0.25) is 14.2 Å². The van der Waals surface area contributed by atoms with Gasteiger partial charge in [-0.1, -0.05) is 0 Å². The van der Waals surface area contributed by atoms with E-state index in [9.17, 15) is 4.79 Å². The first-order chi connectivity index (χ1) is 10.1. The van der Waals surface area contributed by atoms with Gasteiger partial charge in [-0.15, -0.1) is 0 Å². The van der Waals surface area contributed by atoms with E-state index in [1.54, 1.807) is 17.1 Å². The molecule has 0 spiro atoms. The lowest BCUT2D eigenvalue weighted by Gasteiger charge is -2.13. The van der Waals surface area contributed by atoms with Gasteiger partial charge in [0, 0.05) is 25.5 Å². The van der Waals surface area contributed by atoms with Crippen LogP contribution in [-0.2, 0) is 18.4 Å². The number of hydrogen-bond donors (Lipinski definition) is 2. The van der Waals surface area contributed by atoms with Crippen molar-refractivity contribution in [3.05, 3.63) is 30.4 Å². The zero-order valence-electron chi connectivity index (χ0n) is 12.3. The van der Waals surface area contributed by atoms with Gasteiger partial charge in [0.25, 0.3) is 0 Å². The Hall–Kier alpha value is -2.31. The molecule has 2 aromatic rings. The van der Waals surface area contributed by atoms with Crippen LogP contribution in [0.5, 0.6) is 0 Å². The van der Waals surface area contributed by atoms with Crippen LogP contribution in [0.1, 0.15) is 31.5 Å². The van der Waals surface area contributed by atoms with Crippen LogP contribution in [0.15, 0.2) is 24.7 Å². The molecule has 1 fully saturated rings. The summed E-state index contributed by atoms with van der Waals surface area (Å²) in [7, 11) is 1.92. The van der Waals surface area contributed by atoms with Crippen LogP contribution >= 0.6 is 0 Å². The summed E-state index contributed by atoms with van der Waals surface area (Å²) < 4.78 is 3.49. The van der Waals surface area contributed by atoms with Gasteiger partial charge < -0.3 is 10.6 Å². The second kappa shape index (κ2) is 5.59. The Bertz CT molecular complexity index is 627. The lowest BCUT2D eigenvalue weighted by molar-refractivity contribution is -0.122. The van der Waals surface area contributed by atoms with Crippen LogP contribution in [-0.4, -0.2) is 31.5 Å². The Morgan fingerprint density at radius 3 is 2.95 bits per heavy atom. The van der Waals surface area contributed by atoms with E-state index in [0.717, 1.165) is 24.2 Å².